The van der Waals surface area contributed by atoms with Gasteiger partial charge in [0.05, 0.1) is 23.4 Å². The number of benzene rings is 2. The molecule has 0 radical (unpaired) electrons. The van der Waals surface area contributed by atoms with Gasteiger partial charge in [-0.05, 0) is 24.6 Å². The molecule has 0 saturated carbocycles. The minimum absolute atomic E-state index is 0.00728. The fraction of sp³-hybridized carbons (Fsp3) is 0.368. The number of aliphatic hydroxyl groups is 1. The van der Waals surface area contributed by atoms with Gasteiger partial charge in [0.15, 0.2) is 0 Å². The summed E-state index contributed by atoms with van der Waals surface area (Å²) >= 11 is 6.52. The second-order valence-corrected chi connectivity index (χ2v) is 6.42. The second kappa shape index (κ2) is 7.88. The Morgan fingerprint density at radius 1 is 1.25 bits per heavy atom. The molecule has 1 saturated heterocycles. The van der Waals surface area contributed by atoms with E-state index < -0.39 is 0 Å². The van der Waals surface area contributed by atoms with Crippen LogP contribution < -0.4 is 15.0 Å². The van der Waals surface area contributed by atoms with E-state index in [1.54, 1.807) is 0 Å². The normalized spacial score (nSPS) is 17.8. The molecule has 0 unspecified atom stereocenters. The van der Waals surface area contributed by atoms with Crippen LogP contribution in [0.2, 0.25) is 5.02 Å². The van der Waals surface area contributed by atoms with E-state index in [9.17, 15) is 0 Å². The van der Waals surface area contributed by atoms with Crippen LogP contribution in [0.15, 0.2) is 42.5 Å². The number of nitrogens with zero attached hydrogens (tertiary/aromatic N) is 1. The van der Waals surface area contributed by atoms with Crippen LogP contribution in [0.5, 0.6) is 5.75 Å². The first-order valence-corrected chi connectivity index (χ1v) is 8.64. The Bertz CT molecular complexity index is 676. The molecule has 0 aliphatic carbocycles. The quantitative estimate of drug-likeness (QED) is 0.873. The van der Waals surface area contributed by atoms with Gasteiger partial charge >= 0.3 is 0 Å². The highest BCUT2D eigenvalue weighted by Gasteiger charge is 2.25. The number of halogens is 1. The molecule has 2 aromatic rings. The molecule has 2 aromatic carbocycles. The third-order valence-electron chi connectivity index (χ3n) is 4.29. The highest BCUT2D eigenvalue weighted by atomic mass is 35.5. The number of nitrogens with one attached hydrogen (secondary N) is 1. The first-order chi connectivity index (χ1) is 11.7. The number of anilines is 1. The van der Waals surface area contributed by atoms with Crippen molar-refractivity contribution in [2.45, 2.75) is 13.0 Å². The summed E-state index contributed by atoms with van der Waals surface area (Å²) in [6, 6.07) is 14.7. The van der Waals surface area contributed by atoms with E-state index >= 15 is 0 Å². The number of hydrogen-bond donors (Lipinski definition) is 2. The first-order valence-electron chi connectivity index (χ1n) is 8.26. The second-order valence-electron chi connectivity index (χ2n) is 6.01. The van der Waals surface area contributed by atoms with E-state index in [4.69, 9.17) is 21.4 Å². The van der Waals surface area contributed by atoms with Crippen molar-refractivity contribution in [2.75, 3.05) is 37.7 Å². The SMILES string of the molecule is Cc1ccc([C@@H]2CNCCN2c2ccc(OCCO)cc2Cl)cc1. The number of piperazine rings is 1. The predicted octanol–water partition coefficient (Wildman–Crippen LogP) is 3.17. The molecule has 0 bridgehead atoms. The van der Waals surface area contributed by atoms with E-state index in [1.165, 1.54) is 11.1 Å². The molecular weight excluding hydrogens is 324 g/mol. The Hall–Kier alpha value is -1.75. The van der Waals surface area contributed by atoms with Crippen LogP contribution in [0.3, 0.4) is 0 Å². The third kappa shape index (κ3) is 3.83. The average molecular weight is 347 g/mol. The van der Waals surface area contributed by atoms with Gasteiger partial charge in [-0.25, -0.2) is 0 Å². The van der Waals surface area contributed by atoms with Crippen LogP contribution in [-0.2, 0) is 0 Å². The topological polar surface area (TPSA) is 44.7 Å². The summed E-state index contributed by atoms with van der Waals surface area (Å²) in [5.41, 5.74) is 3.56. The van der Waals surface area contributed by atoms with Gasteiger partial charge in [0, 0.05) is 25.7 Å². The van der Waals surface area contributed by atoms with Crippen molar-refractivity contribution in [1.29, 1.82) is 0 Å². The smallest absolute Gasteiger partial charge is 0.121 e. The van der Waals surface area contributed by atoms with Crippen molar-refractivity contribution in [1.82, 2.24) is 5.32 Å². The lowest BCUT2D eigenvalue weighted by atomic mass is 10.0. The van der Waals surface area contributed by atoms with Crippen LogP contribution in [-0.4, -0.2) is 38.0 Å². The van der Waals surface area contributed by atoms with E-state index in [2.05, 4.69) is 41.4 Å². The van der Waals surface area contributed by atoms with Crippen LogP contribution in [0.4, 0.5) is 5.69 Å². The number of ether oxygens (including phenoxy) is 1. The Kier molecular flexibility index (Phi) is 5.61. The van der Waals surface area contributed by atoms with Gasteiger partial charge in [-0.1, -0.05) is 41.4 Å². The van der Waals surface area contributed by atoms with Crippen molar-refractivity contribution in [3.63, 3.8) is 0 Å². The van der Waals surface area contributed by atoms with E-state index in [-0.39, 0.29) is 19.3 Å². The Morgan fingerprint density at radius 3 is 2.75 bits per heavy atom. The molecule has 1 aliphatic heterocycles. The lowest BCUT2D eigenvalue weighted by Gasteiger charge is -2.39. The summed E-state index contributed by atoms with van der Waals surface area (Å²) < 4.78 is 5.44. The molecule has 2 N–H and O–H groups in total. The minimum Gasteiger partial charge on any atom is -0.491 e. The maximum atomic E-state index is 8.86. The van der Waals surface area contributed by atoms with Crippen LogP contribution in [0.25, 0.3) is 0 Å². The van der Waals surface area contributed by atoms with Crippen LogP contribution >= 0.6 is 11.6 Å². The zero-order valence-corrected chi connectivity index (χ0v) is 14.6. The molecule has 5 heteroatoms. The minimum atomic E-state index is -0.00728. The maximum Gasteiger partial charge on any atom is 0.121 e. The highest BCUT2D eigenvalue weighted by molar-refractivity contribution is 6.33. The molecular formula is C19H23ClN2O2. The van der Waals surface area contributed by atoms with Crippen LogP contribution in [0.1, 0.15) is 17.2 Å². The molecule has 0 aromatic heterocycles. The number of aliphatic hydroxyl groups excluding tert-OH is 1. The van der Waals surface area contributed by atoms with Gasteiger partial charge in [0.25, 0.3) is 0 Å². The molecule has 1 heterocycles. The Labute approximate surface area is 148 Å². The van der Waals surface area contributed by atoms with Gasteiger partial charge < -0.3 is 20.1 Å². The molecule has 24 heavy (non-hydrogen) atoms. The fourth-order valence-corrected chi connectivity index (χ4v) is 3.33. The molecule has 0 spiro atoms. The van der Waals surface area contributed by atoms with Gasteiger partial charge in [-0.2, -0.15) is 0 Å². The number of rotatable bonds is 5. The standard InChI is InChI=1S/C19H23ClN2O2/c1-14-2-4-15(5-3-14)19-13-21-8-9-22(19)18-7-6-16(12-17(18)20)24-11-10-23/h2-7,12,19,21,23H,8-11,13H2,1H3/t19-/m0/s1. The fourth-order valence-electron chi connectivity index (χ4n) is 3.05. The van der Waals surface area contributed by atoms with Gasteiger partial charge in [0.2, 0.25) is 0 Å². The molecule has 1 atom stereocenters. The lowest BCUT2D eigenvalue weighted by Crippen LogP contribution is -2.46. The average Bonchev–Trinajstić information content (AvgIpc) is 2.61. The number of aryl methyl sites for hydroxylation is 1. The largest absolute Gasteiger partial charge is 0.491 e. The van der Waals surface area contributed by atoms with E-state index in [0.29, 0.717) is 10.8 Å². The van der Waals surface area contributed by atoms with Crippen molar-refractivity contribution < 1.29 is 9.84 Å². The molecule has 1 fully saturated rings. The van der Waals surface area contributed by atoms with Crippen LogP contribution in [0, 0.1) is 6.92 Å². The zero-order chi connectivity index (χ0) is 16.9. The molecule has 3 rings (SSSR count). The van der Waals surface area contributed by atoms with Crippen molar-refractivity contribution in [3.8, 4) is 5.75 Å². The lowest BCUT2D eigenvalue weighted by molar-refractivity contribution is 0.201. The van der Waals surface area contributed by atoms with Crippen molar-refractivity contribution in [3.05, 3.63) is 58.6 Å². The molecule has 1 aliphatic rings. The first kappa shape index (κ1) is 17.1. The van der Waals surface area contributed by atoms with Crippen molar-refractivity contribution in [2.24, 2.45) is 0 Å². The molecule has 0 amide bonds. The molecule has 128 valence electrons. The van der Waals surface area contributed by atoms with E-state index in [1.807, 2.05) is 18.2 Å². The van der Waals surface area contributed by atoms with E-state index in [0.717, 1.165) is 25.3 Å². The number of hydrogen-bond acceptors (Lipinski definition) is 4. The maximum absolute atomic E-state index is 8.86. The molecule has 4 nitrogen and oxygen atoms in total. The zero-order valence-electron chi connectivity index (χ0n) is 13.8. The summed E-state index contributed by atoms with van der Waals surface area (Å²) in [4.78, 5) is 2.35. The Morgan fingerprint density at radius 2 is 2.04 bits per heavy atom. The summed E-state index contributed by atoms with van der Waals surface area (Å²) in [6.07, 6.45) is 0. The van der Waals surface area contributed by atoms with Crippen molar-refractivity contribution >= 4 is 17.3 Å². The van der Waals surface area contributed by atoms with Gasteiger partial charge in [-0.3, -0.25) is 0 Å². The summed E-state index contributed by atoms with van der Waals surface area (Å²) in [5, 5.41) is 13.0. The van der Waals surface area contributed by atoms with Gasteiger partial charge in [0.1, 0.15) is 12.4 Å². The highest BCUT2D eigenvalue weighted by Crippen LogP contribution is 2.35. The Balaban J connectivity index is 1.86. The van der Waals surface area contributed by atoms with Gasteiger partial charge in [-0.15, -0.1) is 0 Å². The summed E-state index contributed by atoms with van der Waals surface area (Å²) in [7, 11) is 0. The monoisotopic (exact) mass is 346 g/mol. The summed E-state index contributed by atoms with van der Waals surface area (Å²) in [6.45, 7) is 5.09. The third-order valence-corrected chi connectivity index (χ3v) is 4.60. The predicted molar refractivity (Wildman–Crippen MR) is 98.2 cm³/mol. The summed E-state index contributed by atoms with van der Waals surface area (Å²) in [5.74, 6) is 0.680.